The highest BCUT2D eigenvalue weighted by molar-refractivity contribution is 6.29. The Labute approximate surface area is 118 Å². The summed E-state index contributed by atoms with van der Waals surface area (Å²) in [5.74, 6) is -0.107. The molecule has 4 nitrogen and oxygen atoms in total. The molecule has 0 aliphatic carbocycles. The van der Waals surface area contributed by atoms with E-state index in [1.54, 1.807) is 6.07 Å². The van der Waals surface area contributed by atoms with Crippen molar-refractivity contribution < 1.29 is 9.53 Å². The van der Waals surface area contributed by atoms with Crippen LogP contribution in [0.25, 0.3) is 0 Å². The number of amides is 1. The van der Waals surface area contributed by atoms with Crippen LogP contribution < -0.4 is 5.32 Å². The first-order valence-electron chi connectivity index (χ1n) is 6.69. The van der Waals surface area contributed by atoms with E-state index >= 15 is 0 Å². The van der Waals surface area contributed by atoms with Gasteiger partial charge in [-0.2, -0.15) is 0 Å². The fourth-order valence-corrected chi connectivity index (χ4v) is 2.47. The largest absolute Gasteiger partial charge is 0.376 e. The topological polar surface area (TPSA) is 51.2 Å². The number of ether oxygens (including phenoxy) is 1. The quantitative estimate of drug-likeness (QED) is 0.864. The Morgan fingerprint density at radius 3 is 3.00 bits per heavy atom. The Bertz CT molecular complexity index is 465. The van der Waals surface area contributed by atoms with Gasteiger partial charge in [-0.3, -0.25) is 4.79 Å². The van der Waals surface area contributed by atoms with Crippen molar-refractivity contribution in [3.8, 4) is 0 Å². The maximum absolute atomic E-state index is 12.2. The van der Waals surface area contributed by atoms with Crippen molar-refractivity contribution in [3.63, 3.8) is 0 Å². The van der Waals surface area contributed by atoms with Gasteiger partial charge < -0.3 is 10.1 Å². The van der Waals surface area contributed by atoms with E-state index in [9.17, 15) is 4.79 Å². The van der Waals surface area contributed by atoms with Gasteiger partial charge in [0.25, 0.3) is 5.91 Å². The minimum Gasteiger partial charge on any atom is -0.376 e. The van der Waals surface area contributed by atoms with Crippen LogP contribution in [0.5, 0.6) is 0 Å². The van der Waals surface area contributed by atoms with Crippen LogP contribution in [-0.4, -0.2) is 29.6 Å². The number of nitrogens with zero attached hydrogens (tertiary/aromatic N) is 1. The molecule has 1 saturated heterocycles. The highest BCUT2D eigenvalue weighted by Gasteiger charge is 2.26. The molecule has 1 aliphatic heterocycles. The smallest absolute Gasteiger partial charge is 0.251 e. The number of nitrogens with one attached hydrogen (secondary N) is 1. The van der Waals surface area contributed by atoms with Gasteiger partial charge in [0.15, 0.2) is 0 Å². The van der Waals surface area contributed by atoms with Crippen LogP contribution in [0.15, 0.2) is 12.1 Å². The average Bonchev–Trinajstić information content (AvgIpc) is 2.75. The summed E-state index contributed by atoms with van der Waals surface area (Å²) >= 11 is 5.96. The van der Waals surface area contributed by atoms with E-state index in [4.69, 9.17) is 16.3 Å². The van der Waals surface area contributed by atoms with E-state index in [0.29, 0.717) is 17.3 Å². The Morgan fingerprint density at radius 2 is 2.37 bits per heavy atom. The predicted octanol–water partition coefficient (Wildman–Crippen LogP) is 2.59. The Balaban J connectivity index is 2.09. The lowest BCUT2D eigenvalue weighted by Gasteiger charge is -2.16. The second-order valence-electron chi connectivity index (χ2n) is 4.86. The normalized spacial score (nSPS) is 22.5. The average molecular weight is 283 g/mol. The lowest BCUT2D eigenvalue weighted by molar-refractivity contribution is 0.0866. The number of hydrogen-bond donors (Lipinski definition) is 1. The molecule has 1 amide bonds. The van der Waals surface area contributed by atoms with Crippen molar-refractivity contribution in [2.45, 2.75) is 45.3 Å². The summed E-state index contributed by atoms with van der Waals surface area (Å²) in [5.41, 5.74) is 1.43. The summed E-state index contributed by atoms with van der Waals surface area (Å²) in [6, 6.07) is 3.50. The van der Waals surface area contributed by atoms with Crippen LogP contribution in [0.3, 0.4) is 0 Å². The maximum atomic E-state index is 12.2. The lowest BCUT2D eigenvalue weighted by atomic mass is 10.1. The Kier molecular flexibility index (Phi) is 4.77. The zero-order valence-electron chi connectivity index (χ0n) is 11.3. The molecule has 0 saturated carbocycles. The van der Waals surface area contributed by atoms with Crippen molar-refractivity contribution in [2.24, 2.45) is 0 Å². The van der Waals surface area contributed by atoms with E-state index in [0.717, 1.165) is 25.0 Å². The molecule has 1 aromatic rings. The molecule has 1 aromatic heterocycles. The first-order chi connectivity index (χ1) is 9.10. The molecule has 2 heterocycles. The van der Waals surface area contributed by atoms with Gasteiger partial charge in [-0.05, 0) is 31.9 Å². The summed E-state index contributed by atoms with van der Waals surface area (Å²) in [7, 11) is 0. The van der Waals surface area contributed by atoms with Gasteiger partial charge >= 0.3 is 0 Å². The van der Waals surface area contributed by atoms with Gasteiger partial charge in [0, 0.05) is 17.9 Å². The molecule has 0 bridgehead atoms. The third kappa shape index (κ3) is 3.67. The molecule has 2 unspecified atom stereocenters. The van der Waals surface area contributed by atoms with E-state index in [-0.39, 0.29) is 18.1 Å². The molecular weight excluding hydrogens is 264 g/mol. The summed E-state index contributed by atoms with van der Waals surface area (Å²) in [6.45, 7) is 4.74. The molecule has 5 heteroatoms. The van der Waals surface area contributed by atoms with Crippen LogP contribution in [0, 0.1) is 0 Å². The molecule has 1 N–H and O–H groups in total. The molecular formula is C14H19ClN2O2. The number of halogens is 1. The van der Waals surface area contributed by atoms with E-state index in [1.807, 2.05) is 13.0 Å². The van der Waals surface area contributed by atoms with Crippen molar-refractivity contribution in [1.29, 1.82) is 0 Å². The number of rotatable bonds is 4. The number of carbonyl (C=O) groups excluding carboxylic acids is 1. The summed E-state index contributed by atoms with van der Waals surface area (Å²) in [4.78, 5) is 16.4. The highest BCUT2D eigenvalue weighted by Crippen LogP contribution is 2.16. The fourth-order valence-electron chi connectivity index (χ4n) is 2.24. The number of carbonyl (C=O) groups is 1. The second-order valence-corrected chi connectivity index (χ2v) is 5.25. The van der Waals surface area contributed by atoms with E-state index in [1.165, 1.54) is 0 Å². The van der Waals surface area contributed by atoms with Gasteiger partial charge in [0.2, 0.25) is 0 Å². The van der Waals surface area contributed by atoms with Crippen LogP contribution in [0.2, 0.25) is 5.15 Å². The number of hydrogen-bond acceptors (Lipinski definition) is 3. The predicted molar refractivity (Wildman–Crippen MR) is 74.5 cm³/mol. The lowest BCUT2D eigenvalue weighted by Crippen LogP contribution is -2.39. The van der Waals surface area contributed by atoms with E-state index in [2.05, 4.69) is 17.2 Å². The second kappa shape index (κ2) is 6.35. The first-order valence-corrected chi connectivity index (χ1v) is 7.07. The molecule has 0 spiro atoms. The number of pyridine rings is 1. The maximum Gasteiger partial charge on any atom is 0.251 e. The third-order valence-corrected chi connectivity index (χ3v) is 3.50. The minimum absolute atomic E-state index is 0.0661. The Morgan fingerprint density at radius 1 is 1.58 bits per heavy atom. The monoisotopic (exact) mass is 282 g/mol. The molecule has 104 valence electrons. The molecule has 0 aromatic carbocycles. The first kappa shape index (κ1) is 14.3. The molecule has 1 fully saturated rings. The number of aromatic nitrogens is 1. The fraction of sp³-hybridized carbons (Fsp3) is 0.571. The van der Waals surface area contributed by atoms with Crippen molar-refractivity contribution >= 4 is 17.5 Å². The van der Waals surface area contributed by atoms with Crippen LogP contribution in [0.4, 0.5) is 0 Å². The molecule has 1 aliphatic rings. The van der Waals surface area contributed by atoms with Crippen LogP contribution in [0.1, 0.15) is 42.7 Å². The summed E-state index contributed by atoms with van der Waals surface area (Å²) in [6.07, 6.45) is 2.72. The van der Waals surface area contributed by atoms with Gasteiger partial charge in [-0.25, -0.2) is 4.98 Å². The van der Waals surface area contributed by atoms with Crippen molar-refractivity contribution in [3.05, 3.63) is 28.5 Å². The van der Waals surface area contributed by atoms with Crippen LogP contribution in [-0.2, 0) is 11.2 Å². The standard InChI is InChI=1S/C14H19ClN2O2/c1-3-4-11-7-10(8-13(15)16-11)14(18)17-12-5-6-19-9(12)2/h7-9,12H,3-6H2,1-2H3,(H,17,18). The zero-order chi connectivity index (χ0) is 13.8. The molecule has 0 radical (unpaired) electrons. The summed E-state index contributed by atoms with van der Waals surface area (Å²) in [5, 5.41) is 3.36. The SMILES string of the molecule is CCCc1cc(C(=O)NC2CCOC2C)cc(Cl)n1. The minimum atomic E-state index is -0.107. The number of aryl methyl sites for hydroxylation is 1. The summed E-state index contributed by atoms with van der Waals surface area (Å²) < 4.78 is 5.44. The van der Waals surface area contributed by atoms with Crippen molar-refractivity contribution in [2.75, 3.05) is 6.61 Å². The van der Waals surface area contributed by atoms with Gasteiger partial charge in [-0.1, -0.05) is 24.9 Å². The molecule has 2 atom stereocenters. The zero-order valence-corrected chi connectivity index (χ0v) is 12.0. The molecule has 19 heavy (non-hydrogen) atoms. The van der Waals surface area contributed by atoms with E-state index < -0.39 is 0 Å². The Hall–Kier alpha value is -1.13. The van der Waals surface area contributed by atoms with Crippen molar-refractivity contribution in [1.82, 2.24) is 10.3 Å². The molecule has 2 rings (SSSR count). The third-order valence-electron chi connectivity index (χ3n) is 3.31. The van der Waals surface area contributed by atoms with Gasteiger partial charge in [0.05, 0.1) is 12.1 Å². The van der Waals surface area contributed by atoms with Crippen LogP contribution >= 0.6 is 11.6 Å². The van der Waals surface area contributed by atoms with Gasteiger partial charge in [0.1, 0.15) is 5.15 Å². The highest BCUT2D eigenvalue weighted by atomic mass is 35.5. The van der Waals surface area contributed by atoms with Gasteiger partial charge in [-0.15, -0.1) is 0 Å².